The van der Waals surface area contributed by atoms with Crippen molar-refractivity contribution in [1.29, 1.82) is 0 Å². The zero-order chi connectivity index (χ0) is 22.7. The van der Waals surface area contributed by atoms with Gasteiger partial charge in [-0.05, 0) is 37.5 Å². The van der Waals surface area contributed by atoms with E-state index in [1.807, 2.05) is 24.3 Å². The van der Waals surface area contributed by atoms with Crippen LogP contribution in [0.5, 0.6) is 11.5 Å². The molecule has 0 unspecified atom stereocenters. The number of benzene rings is 2. The van der Waals surface area contributed by atoms with Crippen LogP contribution in [-0.4, -0.2) is 32.4 Å². The van der Waals surface area contributed by atoms with Gasteiger partial charge in [0.2, 0.25) is 0 Å². The van der Waals surface area contributed by atoms with E-state index in [0.29, 0.717) is 5.56 Å². The Morgan fingerprint density at radius 3 is 1.59 bits per heavy atom. The van der Waals surface area contributed by atoms with Crippen LogP contribution in [0, 0.1) is 0 Å². The maximum absolute atomic E-state index is 10.0. The largest absolute Gasteiger partial charge is 0.507 e. The number of aliphatic carboxylic acids is 2. The van der Waals surface area contributed by atoms with E-state index in [-0.39, 0.29) is 28.6 Å². The summed E-state index contributed by atoms with van der Waals surface area (Å²) >= 11 is 0. The summed E-state index contributed by atoms with van der Waals surface area (Å²) in [6.07, 6.45) is 0. The molecule has 0 bridgehead atoms. The summed E-state index contributed by atoms with van der Waals surface area (Å²) < 4.78 is 0. The predicted octanol–water partition coefficient (Wildman–Crippen LogP) is 5.18. The number of para-hydroxylation sites is 1. The molecule has 6 nitrogen and oxygen atoms in total. The molecule has 2 aromatic rings. The molecule has 0 spiro atoms. The number of hydrogen-bond acceptors (Lipinski definition) is 4. The van der Waals surface area contributed by atoms with E-state index in [2.05, 4.69) is 27.0 Å². The Kier molecular flexibility index (Phi) is 10.6. The summed E-state index contributed by atoms with van der Waals surface area (Å²) in [7, 11) is 0. The highest BCUT2D eigenvalue weighted by Gasteiger charge is 2.15. The second-order valence-electron chi connectivity index (χ2n) is 6.58. The van der Waals surface area contributed by atoms with Crippen molar-refractivity contribution >= 4 is 11.9 Å². The second kappa shape index (κ2) is 12.0. The number of hydrogen-bond donors (Lipinski definition) is 4. The average Bonchev–Trinajstić information content (AvgIpc) is 2.63. The highest BCUT2D eigenvalue weighted by atomic mass is 16.4. The Labute approximate surface area is 171 Å². The maximum Gasteiger partial charge on any atom is 0.330 e. The molecule has 0 aliphatic rings. The molecule has 0 saturated heterocycles. The number of carbonyl (C=O) groups is 2. The molecule has 2 rings (SSSR count). The highest BCUT2D eigenvalue weighted by Crippen LogP contribution is 2.40. The molecule has 156 valence electrons. The van der Waals surface area contributed by atoms with Crippen molar-refractivity contribution in [3.05, 3.63) is 72.3 Å². The predicted molar refractivity (Wildman–Crippen MR) is 114 cm³/mol. The van der Waals surface area contributed by atoms with E-state index in [1.54, 1.807) is 18.2 Å². The van der Waals surface area contributed by atoms with E-state index in [0.717, 1.165) is 11.1 Å². The van der Waals surface area contributed by atoms with Crippen LogP contribution in [0.4, 0.5) is 0 Å². The summed E-state index contributed by atoms with van der Waals surface area (Å²) in [5.41, 5.74) is 2.78. The molecule has 29 heavy (non-hydrogen) atoms. The molecular weight excluding hydrogens is 372 g/mol. The summed E-state index contributed by atoms with van der Waals surface area (Å²) in [4.78, 5) is 19.2. The fraction of sp³-hybridized carbons (Fsp3) is 0.217. The fourth-order valence-electron chi connectivity index (χ4n) is 2.02. The topological polar surface area (TPSA) is 115 Å². The normalized spacial score (nSPS) is 9.41. The molecule has 0 atom stereocenters. The zero-order valence-electron chi connectivity index (χ0n) is 17.1. The smallest absolute Gasteiger partial charge is 0.330 e. The first-order valence-electron chi connectivity index (χ1n) is 8.77. The number of carboxylic acid groups (broad SMARTS) is 2. The molecule has 4 N–H and O–H groups in total. The van der Waals surface area contributed by atoms with E-state index < -0.39 is 11.9 Å². The summed E-state index contributed by atoms with van der Waals surface area (Å²) in [5.74, 6) is -1.18. The molecule has 2 aromatic carbocycles. The van der Waals surface area contributed by atoms with Gasteiger partial charge < -0.3 is 20.4 Å². The van der Waals surface area contributed by atoms with Gasteiger partial charge in [-0.3, -0.25) is 0 Å². The summed E-state index contributed by atoms with van der Waals surface area (Å²) in [6.45, 7) is 13.3. The number of aromatic hydroxyl groups is 2. The van der Waals surface area contributed by atoms with Gasteiger partial charge in [-0.1, -0.05) is 57.3 Å². The van der Waals surface area contributed by atoms with Crippen LogP contribution in [0.1, 0.15) is 39.2 Å². The van der Waals surface area contributed by atoms with Crippen LogP contribution in [0.25, 0.3) is 11.1 Å². The summed E-state index contributed by atoms with van der Waals surface area (Å²) in [6, 6.07) is 12.5. The van der Waals surface area contributed by atoms with Crippen molar-refractivity contribution < 1.29 is 30.0 Å². The molecule has 0 amide bonds. The monoisotopic (exact) mass is 400 g/mol. The average molecular weight is 400 g/mol. The lowest BCUT2D eigenvalue weighted by Gasteiger charge is -2.15. The maximum atomic E-state index is 10.0. The first kappa shape index (κ1) is 25.5. The Balaban J connectivity index is 0.000000542. The number of phenolic OH excluding ortho intramolecular Hbond substituents is 2. The minimum absolute atomic E-state index is 0.176. The van der Waals surface area contributed by atoms with E-state index in [4.69, 9.17) is 10.2 Å². The quantitative estimate of drug-likeness (QED) is 0.526. The van der Waals surface area contributed by atoms with Crippen molar-refractivity contribution in [2.75, 3.05) is 0 Å². The Hall–Kier alpha value is -3.54. The Morgan fingerprint density at radius 2 is 1.21 bits per heavy atom. The third-order valence-electron chi connectivity index (χ3n) is 3.60. The number of rotatable bonds is 4. The van der Waals surface area contributed by atoms with Gasteiger partial charge in [0, 0.05) is 22.3 Å². The first-order chi connectivity index (χ1) is 13.4. The van der Waals surface area contributed by atoms with Gasteiger partial charge >= 0.3 is 11.9 Å². The van der Waals surface area contributed by atoms with Gasteiger partial charge in [-0.25, -0.2) is 9.59 Å². The molecular formula is C23H28O6. The first-order valence-corrected chi connectivity index (χ1v) is 8.77. The molecule has 6 heteroatoms. The zero-order valence-corrected chi connectivity index (χ0v) is 17.1. The summed E-state index contributed by atoms with van der Waals surface area (Å²) in [5, 5.41) is 35.7. The lowest BCUT2D eigenvalue weighted by atomic mass is 9.91. The molecule has 0 radical (unpaired) electrons. The fourth-order valence-corrected chi connectivity index (χ4v) is 2.02. The lowest BCUT2D eigenvalue weighted by Crippen LogP contribution is -1.93. The van der Waals surface area contributed by atoms with Crippen LogP contribution in [0.2, 0.25) is 0 Å². The van der Waals surface area contributed by atoms with E-state index in [1.165, 1.54) is 13.8 Å². The van der Waals surface area contributed by atoms with Gasteiger partial charge in [0.15, 0.2) is 0 Å². The Bertz CT molecular complexity index is 833. The van der Waals surface area contributed by atoms with Crippen molar-refractivity contribution in [3.63, 3.8) is 0 Å². The van der Waals surface area contributed by atoms with Crippen LogP contribution in [-0.2, 0) is 9.59 Å². The van der Waals surface area contributed by atoms with Crippen molar-refractivity contribution in [2.45, 2.75) is 33.6 Å². The van der Waals surface area contributed by atoms with Gasteiger partial charge in [0.25, 0.3) is 0 Å². The van der Waals surface area contributed by atoms with Gasteiger partial charge in [-0.2, -0.15) is 0 Å². The standard InChI is InChI=1S/C15H16O2.2C4H6O2/c1-10(2)11-7-5-9-14(17)15(11)12-6-3-4-8-13(12)16;2*1-3(2)4(5)6/h3-10,16-17H,1-2H3;2*1H2,2H3,(H,5,6). The van der Waals surface area contributed by atoms with Crippen molar-refractivity contribution in [3.8, 4) is 22.6 Å². The molecule has 0 aliphatic carbocycles. The van der Waals surface area contributed by atoms with E-state index in [9.17, 15) is 19.8 Å². The van der Waals surface area contributed by atoms with Gasteiger partial charge in [0.1, 0.15) is 11.5 Å². The highest BCUT2D eigenvalue weighted by molar-refractivity contribution is 5.85. The molecule has 0 saturated carbocycles. The minimum Gasteiger partial charge on any atom is -0.507 e. The lowest BCUT2D eigenvalue weighted by molar-refractivity contribution is -0.133. The van der Waals surface area contributed by atoms with Crippen LogP contribution >= 0.6 is 0 Å². The molecule has 0 aromatic heterocycles. The Morgan fingerprint density at radius 1 is 0.793 bits per heavy atom. The van der Waals surface area contributed by atoms with Gasteiger partial charge in [-0.15, -0.1) is 0 Å². The van der Waals surface area contributed by atoms with Crippen LogP contribution < -0.4 is 0 Å². The van der Waals surface area contributed by atoms with Gasteiger partial charge in [0.05, 0.1) is 0 Å². The minimum atomic E-state index is -0.935. The third-order valence-corrected chi connectivity index (χ3v) is 3.60. The van der Waals surface area contributed by atoms with Crippen LogP contribution in [0.3, 0.4) is 0 Å². The number of phenols is 2. The molecule has 0 fully saturated rings. The number of carboxylic acids is 2. The second-order valence-corrected chi connectivity index (χ2v) is 6.58. The van der Waals surface area contributed by atoms with Crippen molar-refractivity contribution in [1.82, 2.24) is 0 Å². The SMILES string of the molecule is C=C(C)C(=O)O.C=C(C)C(=O)O.CC(C)c1cccc(O)c1-c1ccccc1O. The van der Waals surface area contributed by atoms with Crippen LogP contribution in [0.15, 0.2) is 66.8 Å². The third kappa shape index (κ3) is 8.79. The molecule has 0 aliphatic heterocycles. The van der Waals surface area contributed by atoms with Crippen molar-refractivity contribution in [2.24, 2.45) is 0 Å². The van der Waals surface area contributed by atoms with E-state index >= 15 is 0 Å². The molecule has 0 heterocycles.